The van der Waals surface area contributed by atoms with E-state index >= 15 is 0 Å². The largest absolute Gasteiger partial charge is 0.478 e. The Hall–Kier alpha value is -2.37. The molecule has 2 N–H and O–H groups in total. The van der Waals surface area contributed by atoms with Crippen LogP contribution in [0.25, 0.3) is 0 Å². The normalized spacial score (nSPS) is 9.79. The lowest BCUT2D eigenvalue weighted by Crippen LogP contribution is -2.35. The van der Waals surface area contributed by atoms with E-state index in [1.807, 2.05) is 0 Å². The van der Waals surface area contributed by atoms with E-state index in [-0.39, 0.29) is 5.69 Å². The summed E-state index contributed by atoms with van der Waals surface area (Å²) in [5, 5.41) is 11.3. The molecule has 0 aliphatic rings. The first kappa shape index (κ1) is 14.7. The Kier molecular flexibility index (Phi) is 5.05. The molecule has 19 heavy (non-hydrogen) atoms. The molecule has 1 rings (SSSR count). The second kappa shape index (κ2) is 6.53. The minimum Gasteiger partial charge on any atom is -0.478 e. The molecule has 102 valence electrons. The van der Waals surface area contributed by atoms with Crippen molar-refractivity contribution >= 4 is 17.7 Å². The number of carbonyl (C=O) groups is 2. The highest BCUT2D eigenvalue weighted by Crippen LogP contribution is 2.19. The Balaban J connectivity index is 2.99. The fourth-order valence-electron chi connectivity index (χ4n) is 1.55. The maximum absolute atomic E-state index is 13.4. The van der Waals surface area contributed by atoms with E-state index < -0.39 is 23.4 Å². The molecule has 1 aromatic carbocycles. The van der Waals surface area contributed by atoms with Crippen LogP contribution < -0.4 is 5.32 Å². The van der Waals surface area contributed by atoms with Gasteiger partial charge < -0.3 is 15.3 Å². The fourth-order valence-corrected chi connectivity index (χ4v) is 1.55. The van der Waals surface area contributed by atoms with E-state index in [1.165, 1.54) is 17.0 Å². The maximum atomic E-state index is 13.4. The predicted molar refractivity (Wildman–Crippen MR) is 69.8 cm³/mol. The summed E-state index contributed by atoms with van der Waals surface area (Å²) in [4.78, 5) is 24.2. The molecule has 0 radical (unpaired) electrons. The number of hydrogen-bond acceptors (Lipinski definition) is 2. The summed E-state index contributed by atoms with van der Waals surface area (Å²) in [6.07, 6.45) is 1.55. The Morgan fingerprint density at radius 1 is 1.53 bits per heavy atom. The first-order valence-corrected chi connectivity index (χ1v) is 5.69. The number of nitrogens with one attached hydrogen (secondary N) is 1. The molecule has 0 aromatic heterocycles. The van der Waals surface area contributed by atoms with Gasteiger partial charge in [0.1, 0.15) is 11.4 Å². The van der Waals surface area contributed by atoms with Gasteiger partial charge in [0, 0.05) is 13.1 Å². The number of carboxylic acid groups (broad SMARTS) is 1. The number of halogens is 1. The molecule has 0 bridgehead atoms. The summed E-state index contributed by atoms with van der Waals surface area (Å²) in [5.74, 6) is -2.32. The average Bonchev–Trinajstić information content (AvgIpc) is 2.35. The molecule has 0 unspecified atom stereocenters. The lowest BCUT2D eigenvalue weighted by Gasteiger charge is -2.20. The average molecular weight is 266 g/mol. The van der Waals surface area contributed by atoms with E-state index in [1.54, 1.807) is 13.0 Å². The van der Waals surface area contributed by atoms with Gasteiger partial charge in [-0.1, -0.05) is 12.1 Å². The Labute approximate surface area is 110 Å². The summed E-state index contributed by atoms with van der Waals surface area (Å²) in [6.45, 7) is 6.04. The third kappa shape index (κ3) is 3.54. The lowest BCUT2D eigenvalue weighted by molar-refractivity contribution is 0.0693. The van der Waals surface area contributed by atoms with Gasteiger partial charge in [0.25, 0.3) is 0 Å². The van der Waals surface area contributed by atoms with Crippen molar-refractivity contribution in [3.05, 3.63) is 42.2 Å². The van der Waals surface area contributed by atoms with Crippen LogP contribution in [0, 0.1) is 5.82 Å². The first-order chi connectivity index (χ1) is 9.01. The Morgan fingerprint density at radius 3 is 2.74 bits per heavy atom. The van der Waals surface area contributed by atoms with Crippen LogP contribution in [0.2, 0.25) is 0 Å². The molecule has 0 saturated heterocycles. The number of rotatable bonds is 5. The molecule has 6 heteroatoms. The van der Waals surface area contributed by atoms with Crippen molar-refractivity contribution in [3.63, 3.8) is 0 Å². The number of likely N-dealkylation sites (N-methyl/N-ethyl adjacent to an activating group) is 1. The van der Waals surface area contributed by atoms with E-state index in [2.05, 4.69) is 11.9 Å². The molecule has 2 amide bonds. The standard InChI is InChI=1S/C13H15FN2O3/c1-3-8-16(4-2)13(19)15-10-7-5-6-9(14)11(10)12(17)18/h3,5-7H,1,4,8H2,2H3,(H,15,19)(H,17,18). The zero-order valence-electron chi connectivity index (χ0n) is 10.5. The van der Waals surface area contributed by atoms with Gasteiger partial charge in [0.05, 0.1) is 5.69 Å². The van der Waals surface area contributed by atoms with Gasteiger partial charge in [-0.25, -0.2) is 14.0 Å². The molecule has 0 aliphatic carbocycles. The third-order valence-electron chi connectivity index (χ3n) is 2.49. The summed E-state index contributed by atoms with van der Waals surface area (Å²) in [6, 6.07) is 3.20. The number of urea groups is 1. The van der Waals surface area contributed by atoms with Gasteiger partial charge in [-0.15, -0.1) is 6.58 Å². The monoisotopic (exact) mass is 266 g/mol. The lowest BCUT2D eigenvalue weighted by atomic mass is 10.1. The summed E-state index contributed by atoms with van der Waals surface area (Å²) in [7, 11) is 0. The van der Waals surface area contributed by atoms with Crippen LogP contribution in [0.4, 0.5) is 14.9 Å². The van der Waals surface area contributed by atoms with Crippen molar-refractivity contribution in [3.8, 4) is 0 Å². The molecular formula is C13H15FN2O3. The number of carboxylic acids is 1. The topological polar surface area (TPSA) is 69.6 Å². The Morgan fingerprint density at radius 2 is 2.21 bits per heavy atom. The number of anilines is 1. The van der Waals surface area contributed by atoms with E-state index in [9.17, 15) is 14.0 Å². The van der Waals surface area contributed by atoms with Crippen molar-refractivity contribution in [1.29, 1.82) is 0 Å². The minimum absolute atomic E-state index is 0.0694. The van der Waals surface area contributed by atoms with Crippen molar-refractivity contribution in [2.75, 3.05) is 18.4 Å². The second-order valence-corrected chi connectivity index (χ2v) is 3.73. The van der Waals surface area contributed by atoms with Gasteiger partial charge in [0.2, 0.25) is 0 Å². The summed E-state index contributed by atoms with van der Waals surface area (Å²) in [5.41, 5.74) is -0.620. The first-order valence-electron chi connectivity index (χ1n) is 5.69. The molecule has 0 atom stereocenters. The van der Waals surface area contributed by atoms with Crippen LogP contribution in [0.3, 0.4) is 0 Å². The van der Waals surface area contributed by atoms with Crippen LogP contribution in [0.1, 0.15) is 17.3 Å². The van der Waals surface area contributed by atoms with Gasteiger partial charge in [-0.3, -0.25) is 0 Å². The number of amides is 2. The highest BCUT2D eigenvalue weighted by atomic mass is 19.1. The molecule has 0 fully saturated rings. The number of aromatic carboxylic acids is 1. The van der Waals surface area contributed by atoms with Gasteiger partial charge in [-0.05, 0) is 19.1 Å². The zero-order valence-corrected chi connectivity index (χ0v) is 10.5. The highest BCUT2D eigenvalue weighted by Gasteiger charge is 2.18. The van der Waals surface area contributed by atoms with Crippen LogP contribution in [0.5, 0.6) is 0 Å². The van der Waals surface area contributed by atoms with E-state index in [0.29, 0.717) is 13.1 Å². The van der Waals surface area contributed by atoms with Crippen LogP contribution in [-0.2, 0) is 0 Å². The quantitative estimate of drug-likeness (QED) is 0.805. The van der Waals surface area contributed by atoms with Crippen molar-refractivity contribution in [2.45, 2.75) is 6.92 Å². The second-order valence-electron chi connectivity index (χ2n) is 3.73. The van der Waals surface area contributed by atoms with Gasteiger partial charge in [0.15, 0.2) is 0 Å². The number of carbonyl (C=O) groups excluding carboxylic acids is 1. The van der Waals surface area contributed by atoms with Crippen molar-refractivity contribution in [1.82, 2.24) is 4.90 Å². The molecular weight excluding hydrogens is 251 g/mol. The zero-order chi connectivity index (χ0) is 14.4. The van der Waals surface area contributed by atoms with Crippen LogP contribution in [-0.4, -0.2) is 35.1 Å². The minimum atomic E-state index is -1.43. The highest BCUT2D eigenvalue weighted by molar-refractivity contribution is 6.00. The SMILES string of the molecule is C=CCN(CC)C(=O)Nc1cccc(F)c1C(=O)O. The fraction of sp³-hybridized carbons (Fsp3) is 0.231. The van der Waals surface area contributed by atoms with Crippen molar-refractivity contribution in [2.24, 2.45) is 0 Å². The molecule has 1 aromatic rings. The van der Waals surface area contributed by atoms with Gasteiger partial charge in [-0.2, -0.15) is 0 Å². The number of hydrogen-bond donors (Lipinski definition) is 2. The van der Waals surface area contributed by atoms with E-state index in [0.717, 1.165) is 6.07 Å². The molecule has 0 spiro atoms. The van der Waals surface area contributed by atoms with Crippen LogP contribution >= 0.6 is 0 Å². The molecule has 0 saturated carbocycles. The van der Waals surface area contributed by atoms with Crippen molar-refractivity contribution < 1.29 is 19.1 Å². The molecule has 0 heterocycles. The van der Waals surface area contributed by atoms with Gasteiger partial charge >= 0.3 is 12.0 Å². The molecule has 5 nitrogen and oxygen atoms in total. The Bertz CT molecular complexity index is 503. The predicted octanol–water partition coefficient (Wildman–Crippen LogP) is 2.56. The number of benzene rings is 1. The maximum Gasteiger partial charge on any atom is 0.340 e. The summed E-state index contributed by atoms with van der Waals surface area (Å²) < 4.78 is 13.4. The summed E-state index contributed by atoms with van der Waals surface area (Å²) >= 11 is 0. The number of nitrogens with zero attached hydrogens (tertiary/aromatic N) is 1. The third-order valence-corrected chi connectivity index (χ3v) is 2.49. The molecule has 0 aliphatic heterocycles. The smallest absolute Gasteiger partial charge is 0.340 e. The van der Waals surface area contributed by atoms with Crippen LogP contribution in [0.15, 0.2) is 30.9 Å². The van der Waals surface area contributed by atoms with E-state index in [4.69, 9.17) is 5.11 Å².